The van der Waals surface area contributed by atoms with E-state index in [1.807, 2.05) is 20.8 Å². The van der Waals surface area contributed by atoms with Gasteiger partial charge in [0.25, 0.3) is 0 Å². The molecule has 0 spiro atoms. The van der Waals surface area contributed by atoms with E-state index in [1.54, 1.807) is 7.05 Å². The van der Waals surface area contributed by atoms with Gasteiger partial charge in [-0.2, -0.15) is 0 Å². The lowest BCUT2D eigenvalue weighted by Gasteiger charge is -2.20. The normalized spacial score (nSPS) is 12.4. The van der Waals surface area contributed by atoms with E-state index in [1.165, 1.54) is 4.90 Å². The minimum atomic E-state index is -0.512. The van der Waals surface area contributed by atoms with Crippen molar-refractivity contribution in [1.82, 2.24) is 10.2 Å². The molecule has 0 unspecified atom stereocenters. The summed E-state index contributed by atoms with van der Waals surface area (Å²) < 4.78 is 0. The van der Waals surface area contributed by atoms with Gasteiger partial charge in [-0.3, -0.25) is 9.59 Å². The highest BCUT2D eigenvalue weighted by Gasteiger charge is 2.18. The Hall–Kier alpha value is -1.10. The lowest BCUT2D eigenvalue weighted by Crippen LogP contribution is -2.46. The SMILES string of the molecule is CC[C@@H](N)C(=O)N(C)CC(=O)NC(C)C. The van der Waals surface area contributed by atoms with Crippen molar-refractivity contribution in [3.8, 4) is 0 Å². The molecule has 0 aliphatic rings. The molecule has 0 aromatic carbocycles. The van der Waals surface area contributed by atoms with E-state index in [-0.39, 0.29) is 24.4 Å². The van der Waals surface area contributed by atoms with Gasteiger partial charge >= 0.3 is 0 Å². The quantitative estimate of drug-likeness (QED) is 0.661. The average Bonchev–Trinajstić information content (AvgIpc) is 2.13. The minimum Gasteiger partial charge on any atom is -0.352 e. The van der Waals surface area contributed by atoms with E-state index in [9.17, 15) is 9.59 Å². The van der Waals surface area contributed by atoms with Crippen molar-refractivity contribution in [2.45, 2.75) is 39.3 Å². The predicted molar refractivity (Wildman–Crippen MR) is 59.2 cm³/mol. The lowest BCUT2D eigenvalue weighted by atomic mass is 10.2. The van der Waals surface area contributed by atoms with Crippen molar-refractivity contribution in [2.24, 2.45) is 5.73 Å². The minimum absolute atomic E-state index is 0.0602. The Kier molecular flexibility index (Phi) is 5.93. The largest absolute Gasteiger partial charge is 0.352 e. The van der Waals surface area contributed by atoms with Crippen molar-refractivity contribution >= 4 is 11.8 Å². The number of hydrogen-bond donors (Lipinski definition) is 2. The Balaban J connectivity index is 4.07. The average molecular weight is 215 g/mol. The Morgan fingerprint density at radius 1 is 1.40 bits per heavy atom. The van der Waals surface area contributed by atoms with Crippen LogP contribution in [0, 0.1) is 0 Å². The van der Waals surface area contributed by atoms with Gasteiger partial charge in [0.2, 0.25) is 11.8 Å². The number of likely N-dealkylation sites (N-methyl/N-ethyl adjacent to an activating group) is 1. The molecule has 5 nitrogen and oxygen atoms in total. The third-order valence-electron chi connectivity index (χ3n) is 1.96. The second-order valence-electron chi connectivity index (χ2n) is 3.93. The van der Waals surface area contributed by atoms with Crippen LogP contribution in [-0.2, 0) is 9.59 Å². The number of carbonyl (C=O) groups excluding carboxylic acids is 2. The molecule has 0 aromatic rings. The van der Waals surface area contributed by atoms with Gasteiger partial charge in [-0.05, 0) is 20.3 Å². The van der Waals surface area contributed by atoms with Gasteiger partial charge in [0.05, 0.1) is 12.6 Å². The maximum atomic E-state index is 11.5. The number of rotatable bonds is 5. The van der Waals surface area contributed by atoms with Crippen molar-refractivity contribution < 1.29 is 9.59 Å². The summed E-state index contributed by atoms with van der Waals surface area (Å²) in [7, 11) is 1.58. The van der Waals surface area contributed by atoms with Crippen LogP contribution in [0.15, 0.2) is 0 Å². The summed E-state index contributed by atoms with van der Waals surface area (Å²) in [5.41, 5.74) is 5.57. The molecule has 5 heteroatoms. The van der Waals surface area contributed by atoms with Crippen LogP contribution in [0.5, 0.6) is 0 Å². The molecule has 3 N–H and O–H groups in total. The van der Waals surface area contributed by atoms with Crippen LogP contribution in [0.2, 0.25) is 0 Å². The zero-order valence-electron chi connectivity index (χ0n) is 9.91. The standard InChI is InChI=1S/C10H21N3O2/c1-5-8(11)10(15)13(4)6-9(14)12-7(2)3/h7-8H,5-6,11H2,1-4H3,(H,12,14)/t8-/m1/s1. The topological polar surface area (TPSA) is 75.4 Å². The number of hydrogen-bond acceptors (Lipinski definition) is 3. The summed E-state index contributed by atoms with van der Waals surface area (Å²) in [5.74, 6) is -0.361. The first kappa shape index (κ1) is 13.9. The van der Waals surface area contributed by atoms with Gasteiger partial charge in [-0.1, -0.05) is 6.92 Å². The maximum absolute atomic E-state index is 11.5. The smallest absolute Gasteiger partial charge is 0.239 e. The van der Waals surface area contributed by atoms with Gasteiger partial charge in [0.1, 0.15) is 0 Å². The number of carbonyl (C=O) groups is 2. The molecule has 0 rings (SSSR count). The van der Waals surface area contributed by atoms with E-state index < -0.39 is 6.04 Å². The second kappa shape index (κ2) is 6.40. The van der Waals surface area contributed by atoms with Crippen LogP contribution in [0.25, 0.3) is 0 Å². The fourth-order valence-electron chi connectivity index (χ4n) is 1.12. The van der Waals surface area contributed by atoms with Crippen LogP contribution < -0.4 is 11.1 Å². The molecule has 0 fully saturated rings. The van der Waals surface area contributed by atoms with Gasteiger partial charge in [-0.25, -0.2) is 0 Å². The zero-order chi connectivity index (χ0) is 12.0. The van der Waals surface area contributed by atoms with Crippen LogP contribution >= 0.6 is 0 Å². The summed E-state index contributed by atoms with van der Waals surface area (Å²) in [5, 5.41) is 2.71. The monoisotopic (exact) mass is 215 g/mol. The molecule has 0 heterocycles. The fraction of sp³-hybridized carbons (Fsp3) is 0.800. The molecular weight excluding hydrogens is 194 g/mol. The lowest BCUT2D eigenvalue weighted by molar-refractivity contribution is -0.135. The second-order valence-corrected chi connectivity index (χ2v) is 3.93. The van der Waals surface area contributed by atoms with E-state index in [4.69, 9.17) is 5.73 Å². The van der Waals surface area contributed by atoms with Gasteiger partial charge < -0.3 is 16.0 Å². The van der Waals surface area contributed by atoms with Crippen molar-refractivity contribution in [3.05, 3.63) is 0 Å². The maximum Gasteiger partial charge on any atom is 0.239 e. The molecule has 0 aliphatic heterocycles. The predicted octanol–water partition coefficient (Wildman–Crippen LogP) is -0.293. The number of amides is 2. The third kappa shape index (κ3) is 5.37. The highest BCUT2D eigenvalue weighted by atomic mass is 16.2. The molecule has 2 amide bonds. The summed E-state index contributed by atoms with van der Waals surface area (Å²) >= 11 is 0. The Morgan fingerprint density at radius 2 is 1.93 bits per heavy atom. The van der Waals surface area contributed by atoms with E-state index in [0.29, 0.717) is 6.42 Å². The number of nitrogens with one attached hydrogen (secondary N) is 1. The van der Waals surface area contributed by atoms with Crippen molar-refractivity contribution in [3.63, 3.8) is 0 Å². The van der Waals surface area contributed by atoms with Crippen LogP contribution in [0.1, 0.15) is 27.2 Å². The fourth-order valence-corrected chi connectivity index (χ4v) is 1.12. The van der Waals surface area contributed by atoms with Gasteiger partial charge in [0, 0.05) is 13.1 Å². The summed E-state index contributed by atoms with van der Waals surface area (Å²) in [6, 6.07) is -0.428. The Bertz CT molecular complexity index is 229. The number of nitrogens with two attached hydrogens (primary N) is 1. The van der Waals surface area contributed by atoms with E-state index in [0.717, 1.165) is 0 Å². The van der Waals surface area contributed by atoms with Crippen LogP contribution in [0.4, 0.5) is 0 Å². The molecule has 0 radical (unpaired) electrons. The highest BCUT2D eigenvalue weighted by Crippen LogP contribution is 1.94. The molecule has 1 atom stereocenters. The first-order valence-corrected chi connectivity index (χ1v) is 5.18. The first-order chi connectivity index (χ1) is 6.88. The van der Waals surface area contributed by atoms with E-state index in [2.05, 4.69) is 5.32 Å². The zero-order valence-corrected chi connectivity index (χ0v) is 9.91. The molecular formula is C10H21N3O2. The Labute approximate surface area is 91.0 Å². The van der Waals surface area contributed by atoms with Gasteiger partial charge in [0.15, 0.2) is 0 Å². The van der Waals surface area contributed by atoms with Crippen LogP contribution in [-0.4, -0.2) is 42.4 Å². The molecule has 0 bridgehead atoms. The highest BCUT2D eigenvalue weighted by molar-refractivity contribution is 5.87. The summed E-state index contributed by atoms with van der Waals surface area (Å²) in [6.07, 6.45) is 0.578. The number of nitrogens with zero attached hydrogens (tertiary/aromatic N) is 1. The van der Waals surface area contributed by atoms with Crippen LogP contribution in [0.3, 0.4) is 0 Å². The van der Waals surface area contributed by atoms with Gasteiger partial charge in [-0.15, -0.1) is 0 Å². The molecule has 88 valence electrons. The van der Waals surface area contributed by atoms with Crippen molar-refractivity contribution in [1.29, 1.82) is 0 Å². The first-order valence-electron chi connectivity index (χ1n) is 5.18. The molecule has 0 aromatic heterocycles. The van der Waals surface area contributed by atoms with Crippen molar-refractivity contribution in [2.75, 3.05) is 13.6 Å². The van der Waals surface area contributed by atoms with E-state index >= 15 is 0 Å². The third-order valence-corrected chi connectivity index (χ3v) is 1.96. The summed E-state index contributed by atoms with van der Waals surface area (Å²) in [4.78, 5) is 24.2. The molecule has 0 saturated heterocycles. The summed E-state index contributed by atoms with van der Waals surface area (Å²) in [6.45, 7) is 5.64. The molecule has 15 heavy (non-hydrogen) atoms. The molecule has 0 aliphatic carbocycles. The Morgan fingerprint density at radius 3 is 2.33 bits per heavy atom. The molecule has 0 saturated carbocycles.